The zero-order valence-corrected chi connectivity index (χ0v) is 20.5. The van der Waals surface area contributed by atoms with E-state index in [4.69, 9.17) is 32.7 Å². The molecule has 0 heterocycles. The molecule has 0 aliphatic carbocycles. The Hall–Kier alpha value is -2.54. The van der Waals surface area contributed by atoms with Gasteiger partial charge in [-0.25, -0.2) is 4.79 Å². The molecule has 0 N–H and O–H groups in total. The number of amides is 1. The number of halogens is 3. The zero-order chi connectivity index (χ0) is 23.3. The van der Waals surface area contributed by atoms with Crippen LogP contribution in [0.5, 0.6) is 5.75 Å². The second-order valence-corrected chi connectivity index (χ2v) is 8.43. The molecule has 0 atom stereocenters. The molecule has 8 heteroatoms. The van der Waals surface area contributed by atoms with Gasteiger partial charge < -0.3 is 14.4 Å². The number of rotatable bonds is 7. The average molecular weight is 537 g/mol. The van der Waals surface area contributed by atoms with E-state index in [2.05, 4.69) is 15.9 Å². The molecule has 0 spiro atoms. The summed E-state index contributed by atoms with van der Waals surface area (Å²) in [7, 11) is 1.50. The molecule has 0 radical (unpaired) electrons. The number of hydrogen-bond acceptors (Lipinski definition) is 4. The number of methoxy groups -OCH3 is 1. The van der Waals surface area contributed by atoms with Crippen molar-refractivity contribution in [2.24, 2.45) is 0 Å². The summed E-state index contributed by atoms with van der Waals surface area (Å²) >= 11 is 16.2. The van der Waals surface area contributed by atoms with Crippen LogP contribution in [0.2, 0.25) is 10.0 Å². The van der Waals surface area contributed by atoms with Crippen molar-refractivity contribution in [2.75, 3.05) is 18.6 Å². The van der Waals surface area contributed by atoms with E-state index in [-0.39, 0.29) is 19.1 Å². The van der Waals surface area contributed by atoms with Gasteiger partial charge in [-0.3, -0.25) is 4.79 Å². The van der Waals surface area contributed by atoms with Crippen LogP contribution in [-0.4, -0.2) is 25.6 Å². The molecule has 1 amide bonds. The normalized spacial score (nSPS) is 10.5. The topological polar surface area (TPSA) is 55.8 Å². The van der Waals surface area contributed by atoms with E-state index >= 15 is 0 Å². The summed E-state index contributed by atoms with van der Waals surface area (Å²) in [6.45, 7) is 2.13. The van der Waals surface area contributed by atoms with Gasteiger partial charge in [0.05, 0.1) is 31.4 Å². The Labute approximate surface area is 205 Å². The summed E-state index contributed by atoms with van der Waals surface area (Å²) < 4.78 is 11.2. The summed E-state index contributed by atoms with van der Waals surface area (Å²) in [6, 6.07) is 16.9. The lowest BCUT2D eigenvalue weighted by atomic mass is 10.1. The van der Waals surface area contributed by atoms with E-state index in [0.29, 0.717) is 38.2 Å². The molecule has 166 valence electrons. The van der Waals surface area contributed by atoms with E-state index in [9.17, 15) is 9.59 Å². The fourth-order valence-corrected chi connectivity index (χ4v) is 3.98. The number of esters is 1. The first kappa shape index (κ1) is 24.1. The number of hydrogen-bond donors (Lipinski definition) is 0. The molecular weight excluding hydrogens is 517 g/mol. The number of benzene rings is 3. The molecule has 0 aliphatic heterocycles. The fraction of sp³-hybridized carbons (Fsp3) is 0.167. The average Bonchev–Trinajstić information content (AvgIpc) is 2.79. The van der Waals surface area contributed by atoms with Crippen molar-refractivity contribution in [1.82, 2.24) is 0 Å². The summed E-state index contributed by atoms with van der Waals surface area (Å²) in [6.07, 6.45) is 0. The fourth-order valence-electron chi connectivity index (χ4n) is 3.11. The number of nitrogens with zero attached hydrogens (tertiary/aromatic N) is 1. The molecule has 3 rings (SSSR count). The molecular formula is C24H20BrCl2NO4. The van der Waals surface area contributed by atoms with Crippen molar-refractivity contribution in [3.05, 3.63) is 91.9 Å². The second kappa shape index (κ2) is 10.9. The number of carbonyl (C=O) groups excluding carboxylic acids is 2. The van der Waals surface area contributed by atoms with Crippen LogP contribution < -0.4 is 9.64 Å². The maximum absolute atomic E-state index is 13.7. The summed E-state index contributed by atoms with van der Waals surface area (Å²) in [4.78, 5) is 27.2. The minimum absolute atomic E-state index is 0.117. The highest BCUT2D eigenvalue weighted by Gasteiger charge is 2.24. The van der Waals surface area contributed by atoms with Gasteiger partial charge in [0.15, 0.2) is 0 Å². The Morgan fingerprint density at radius 1 is 1.00 bits per heavy atom. The third-order valence-corrected chi connectivity index (χ3v) is 5.91. The monoisotopic (exact) mass is 535 g/mol. The Kier molecular flexibility index (Phi) is 8.18. The van der Waals surface area contributed by atoms with Gasteiger partial charge in [0.25, 0.3) is 5.91 Å². The lowest BCUT2D eigenvalue weighted by molar-refractivity contribution is 0.0526. The van der Waals surface area contributed by atoms with E-state index < -0.39 is 5.97 Å². The molecule has 32 heavy (non-hydrogen) atoms. The lowest BCUT2D eigenvalue weighted by Gasteiger charge is -2.25. The maximum atomic E-state index is 13.7. The zero-order valence-electron chi connectivity index (χ0n) is 17.4. The van der Waals surface area contributed by atoms with Crippen molar-refractivity contribution in [3.8, 4) is 5.75 Å². The Balaban J connectivity index is 2.07. The molecule has 0 aromatic heterocycles. The van der Waals surface area contributed by atoms with Crippen LogP contribution in [0.4, 0.5) is 5.69 Å². The van der Waals surface area contributed by atoms with Gasteiger partial charge >= 0.3 is 5.97 Å². The molecule has 3 aromatic carbocycles. The smallest absolute Gasteiger partial charge is 0.338 e. The standard InChI is InChI=1S/C24H20BrCl2NO4/c1-3-32-24(30)15-7-10-17(11-8-15)28(14-19-20(26)5-4-6-21(19)27)23(29)18-13-16(25)9-12-22(18)31-2/h4-13H,3,14H2,1-2H3. The Bertz CT molecular complexity index is 1120. The van der Waals surface area contributed by atoms with Crippen LogP contribution in [-0.2, 0) is 11.3 Å². The number of carbonyl (C=O) groups is 2. The first-order chi connectivity index (χ1) is 15.3. The predicted octanol–water partition coefficient (Wildman–Crippen LogP) is 6.79. The van der Waals surface area contributed by atoms with Gasteiger partial charge in [0.2, 0.25) is 0 Å². The molecule has 0 saturated carbocycles. The third kappa shape index (κ3) is 5.44. The molecule has 5 nitrogen and oxygen atoms in total. The highest BCUT2D eigenvalue weighted by molar-refractivity contribution is 9.10. The van der Waals surface area contributed by atoms with Crippen LogP contribution in [0.25, 0.3) is 0 Å². The number of anilines is 1. The second-order valence-electron chi connectivity index (χ2n) is 6.70. The van der Waals surface area contributed by atoms with Crippen LogP contribution in [0.15, 0.2) is 65.1 Å². The van der Waals surface area contributed by atoms with Gasteiger partial charge in [-0.15, -0.1) is 0 Å². The van der Waals surface area contributed by atoms with Crippen LogP contribution in [0, 0.1) is 0 Å². The van der Waals surface area contributed by atoms with Crippen LogP contribution in [0.1, 0.15) is 33.2 Å². The molecule has 0 bridgehead atoms. The lowest BCUT2D eigenvalue weighted by Crippen LogP contribution is -2.31. The van der Waals surface area contributed by atoms with Crippen LogP contribution in [0.3, 0.4) is 0 Å². The highest BCUT2D eigenvalue weighted by Crippen LogP contribution is 2.31. The molecule has 0 aliphatic rings. The van der Waals surface area contributed by atoms with Gasteiger partial charge in [-0.1, -0.05) is 45.2 Å². The largest absolute Gasteiger partial charge is 0.496 e. The van der Waals surface area contributed by atoms with Gasteiger partial charge in [-0.05, 0) is 61.5 Å². The van der Waals surface area contributed by atoms with E-state index in [1.54, 1.807) is 67.6 Å². The highest BCUT2D eigenvalue weighted by atomic mass is 79.9. The first-order valence-corrected chi connectivity index (χ1v) is 11.3. The minimum Gasteiger partial charge on any atom is -0.496 e. The Morgan fingerprint density at radius 2 is 1.66 bits per heavy atom. The van der Waals surface area contributed by atoms with Crippen molar-refractivity contribution in [3.63, 3.8) is 0 Å². The molecule has 0 saturated heterocycles. The van der Waals surface area contributed by atoms with Crippen molar-refractivity contribution in [1.29, 1.82) is 0 Å². The van der Waals surface area contributed by atoms with E-state index in [0.717, 1.165) is 4.47 Å². The SMILES string of the molecule is CCOC(=O)c1ccc(N(Cc2c(Cl)cccc2Cl)C(=O)c2cc(Br)ccc2OC)cc1. The third-order valence-electron chi connectivity index (χ3n) is 4.71. The van der Waals surface area contributed by atoms with Gasteiger partial charge in [0.1, 0.15) is 5.75 Å². The van der Waals surface area contributed by atoms with Crippen molar-refractivity contribution >= 4 is 56.7 Å². The minimum atomic E-state index is -0.431. The predicted molar refractivity (Wildman–Crippen MR) is 130 cm³/mol. The molecule has 3 aromatic rings. The van der Waals surface area contributed by atoms with Crippen molar-refractivity contribution < 1.29 is 19.1 Å². The quantitative estimate of drug-likeness (QED) is 0.312. The van der Waals surface area contributed by atoms with E-state index in [1.165, 1.54) is 12.0 Å². The van der Waals surface area contributed by atoms with Crippen molar-refractivity contribution in [2.45, 2.75) is 13.5 Å². The molecule has 0 fully saturated rings. The van der Waals surface area contributed by atoms with E-state index in [1.807, 2.05) is 0 Å². The Morgan fingerprint density at radius 3 is 2.25 bits per heavy atom. The number of ether oxygens (including phenoxy) is 2. The summed E-state index contributed by atoms with van der Waals surface area (Å²) in [5, 5.41) is 0.888. The summed E-state index contributed by atoms with van der Waals surface area (Å²) in [5.74, 6) is -0.320. The maximum Gasteiger partial charge on any atom is 0.338 e. The summed E-state index contributed by atoms with van der Waals surface area (Å²) in [5.41, 5.74) is 1.91. The van der Waals surface area contributed by atoms with Gasteiger partial charge in [-0.2, -0.15) is 0 Å². The molecule has 0 unspecified atom stereocenters. The van der Waals surface area contributed by atoms with Crippen LogP contribution >= 0.6 is 39.1 Å². The first-order valence-electron chi connectivity index (χ1n) is 9.71. The van der Waals surface area contributed by atoms with Gasteiger partial charge in [0, 0.05) is 25.8 Å².